The monoisotopic (exact) mass is 483 g/mol. The van der Waals surface area contributed by atoms with Crippen molar-refractivity contribution >= 4 is 44.2 Å². The van der Waals surface area contributed by atoms with E-state index in [4.69, 9.17) is 20.8 Å². The smallest absolute Gasteiger partial charge is 0.276 e. The van der Waals surface area contributed by atoms with Gasteiger partial charge in [0.05, 0.1) is 12.0 Å². The number of methoxy groups -OCH3 is 1. The van der Waals surface area contributed by atoms with Crippen molar-refractivity contribution in [3.63, 3.8) is 0 Å². The fourth-order valence-corrected chi connectivity index (χ4v) is 3.88. The van der Waals surface area contributed by atoms with Crippen LogP contribution in [0.15, 0.2) is 93.3 Å². The van der Waals surface area contributed by atoms with Gasteiger partial charge in [-0.25, -0.2) is 0 Å². The van der Waals surface area contributed by atoms with Crippen molar-refractivity contribution in [2.45, 2.75) is 4.90 Å². The van der Waals surface area contributed by atoms with E-state index in [0.717, 1.165) is 0 Å². The van der Waals surface area contributed by atoms with E-state index in [-0.39, 0.29) is 16.0 Å². The Morgan fingerprint density at radius 3 is 2.39 bits per heavy atom. The van der Waals surface area contributed by atoms with Crippen LogP contribution in [0.1, 0.15) is 10.4 Å². The van der Waals surface area contributed by atoms with Gasteiger partial charge in [-0.05, 0) is 60.7 Å². The van der Waals surface area contributed by atoms with Gasteiger partial charge >= 0.3 is 0 Å². The lowest BCUT2D eigenvalue weighted by Gasteiger charge is -2.08. The van der Waals surface area contributed by atoms with Gasteiger partial charge in [0, 0.05) is 16.1 Å². The molecule has 3 aromatic carbocycles. The Balaban J connectivity index is 1.72. The summed E-state index contributed by atoms with van der Waals surface area (Å²) in [5.41, 5.74) is 0.796. The second-order valence-corrected chi connectivity index (χ2v) is 8.94. The van der Waals surface area contributed by atoms with Crippen LogP contribution in [0.5, 0.6) is 5.75 Å². The van der Waals surface area contributed by atoms with Gasteiger partial charge in [0.2, 0.25) is 5.55 Å². The number of carbonyl (C=O) groups excluding carboxylic acids is 1. The predicted molar refractivity (Wildman–Crippen MR) is 124 cm³/mol. The lowest BCUT2D eigenvalue weighted by molar-refractivity contribution is 0.102. The number of hydrogen-bond donors (Lipinski definition) is 2. The number of amides is 1. The van der Waals surface area contributed by atoms with Crippen LogP contribution < -0.4 is 20.4 Å². The van der Waals surface area contributed by atoms with Crippen molar-refractivity contribution in [3.8, 4) is 5.75 Å². The van der Waals surface area contributed by atoms with Crippen molar-refractivity contribution in [2.75, 3.05) is 12.4 Å². The van der Waals surface area contributed by atoms with Crippen molar-refractivity contribution in [1.82, 2.24) is 4.83 Å². The number of benzene rings is 3. The van der Waals surface area contributed by atoms with Gasteiger partial charge in [0.15, 0.2) is 0 Å². The number of fused-ring (bicyclic) bond motifs is 1. The summed E-state index contributed by atoms with van der Waals surface area (Å²) in [6.45, 7) is 0. The Labute approximate surface area is 194 Å². The molecule has 0 unspecified atom stereocenters. The molecular weight excluding hydrogens is 466 g/mol. The van der Waals surface area contributed by atoms with Crippen LogP contribution >= 0.6 is 11.6 Å². The van der Waals surface area contributed by atoms with Gasteiger partial charge in [-0.3, -0.25) is 4.79 Å². The molecule has 4 aromatic rings. The third kappa shape index (κ3) is 5.16. The minimum absolute atomic E-state index is 0.0410. The Kier molecular flexibility index (Phi) is 6.34. The molecule has 0 aliphatic heterocycles. The number of hydrogen-bond acceptors (Lipinski definition) is 6. The molecule has 0 saturated heterocycles. The molecule has 10 heteroatoms. The van der Waals surface area contributed by atoms with Crippen molar-refractivity contribution in [2.24, 2.45) is 5.10 Å². The van der Waals surface area contributed by atoms with Gasteiger partial charge in [-0.2, -0.15) is 13.2 Å². The fraction of sp³-hybridized carbons (Fsp3) is 0.0435. The average Bonchev–Trinajstić information content (AvgIpc) is 2.83. The van der Waals surface area contributed by atoms with E-state index in [0.29, 0.717) is 27.4 Å². The first-order chi connectivity index (χ1) is 15.9. The van der Waals surface area contributed by atoms with Crippen LogP contribution in [0.25, 0.3) is 11.0 Å². The lowest BCUT2D eigenvalue weighted by Crippen LogP contribution is -2.27. The summed E-state index contributed by atoms with van der Waals surface area (Å²) in [4.78, 5) is 15.1. The van der Waals surface area contributed by atoms with Gasteiger partial charge in [-0.1, -0.05) is 29.8 Å². The van der Waals surface area contributed by atoms with E-state index >= 15 is 0 Å². The summed E-state index contributed by atoms with van der Waals surface area (Å²) in [5.74, 6) is 0.111. The number of anilines is 1. The molecule has 4 rings (SSSR count). The summed E-state index contributed by atoms with van der Waals surface area (Å²) in [6, 6.07) is 20.9. The number of sulfonamides is 1. The molecule has 168 valence electrons. The third-order valence-corrected chi connectivity index (χ3v) is 6.12. The van der Waals surface area contributed by atoms with Crippen LogP contribution in [0.3, 0.4) is 0 Å². The van der Waals surface area contributed by atoms with Crippen molar-refractivity contribution in [3.05, 3.63) is 95.0 Å². The van der Waals surface area contributed by atoms with Crippen LogP contribution in [0.2, 0.25) is 5.02 Å². The molecule has 2 N–H and O–H groups in total. The summed E-state index contributed by atoms with van der Waals surface area (Å²) in [6.07, 6.45) is 0. The third-order valence-electron chi connectivity index (χ3n) is 4.64. The number of para-hydroxylation sites is 1. The molecule has 0 saturated carbocycles. The molecule has 0 spiro atoms. The van der Waals surface area contributed by atoms with Crippen LogP contribution in [-0.4, -0.2) is 21.4 Å². The van der Waals surface area contributed by atoms with Crippen molar-refractivity contribution < 1.29 is 22.4 Å². The molecular formula is C23H18ClN3O5S. The van der Waals surface area contributed by atoms with Gasteiger partial charge < -0.3 is 14.5 Å². The molecule has 0 fully saturated rings. The molecule has 0 radical (unpaired) electrons. The fourth-order valence-electron chi connectivity index (χ4n) is 2.96. The quantitative estimate of drug-likeness (QED) is 0.400. The molecule has 1 amide bonds. The van der Waals surface area contributed by atoms with Crippen LogP contribution in [0, 0.1) is 0 Å². The maximum absolute atomic E-state index is 13.0. The molecule has 1 aromatic heterocycles. The summed E-state index contributed by atoms with van der Waals surface area (Å²) < 4.78 is 36.1. The number of rotatable bonds is 6. The van der Waals surface area contributed by atoms with Gasteiger partial charge in [-0.15, -0.1) is 5.10 Å². The number of nitrogens with zero attached hydrogens (tertiary/aromatic N) is 1. The van der Waals surface area contributed by atoms with Crippen molar-refractivity contribution in [1.29, 1.82) is 0 Å². The van der Waals surface area contributed by atoms with E-state index in [1.54, 1.807) is 61.7 Å². The zero-order valence-corrected chi connectivity index (χ0v) is 18.9. The second kappa shape index (κ2) is 9.35. The first-order valence-electron chi connectivity index (χ1n) is 9.65. The highest BCUT2D eigenvalue weighted by atomic mass is 35.5. The lowest BCUT2D eigenvalue weighted by atomic mass is 10.1. The molecule has 0 bridgehead atoms. The number of halogens is 1. The van der Waals surface area contributed by atoms with E-state index in [2.05, 4.69) is 15.2 Å². The van der Waals surface area contributed by atoms with Crippen LogP contribution in [-0.2, 0) is 10.0 Å². The molecule has 0 atom stereocenters. The molecule has 8 nitrogen and oxygen atoms in total. The van der Waals surface area contributed by atoms with Gasteiger partial charge in [0.25, 0.3) is 15.9 Å². The number of carbonyl (C=O) groups is 1. The molecule has 33 heavy (non-hydrogen) atoms. The standard InChI is InChI=1S/C23H18ClN3O5S/c1-31-18-10-8-17(9-11-18)25-22(28)20-14-15-4-2-3-5-21(15)32-23(20)26-27-33(29,30)19-12-6-16(24)7-13-19/h2-14,27H,1H3,(H,25,28)/b26-23-. The summed E-state index contributed by atoms with van der Waals surface area (Å²) in [7, 11) is -2.47. The largest absolute Gasteiger partial charge is 0.497 e. The highest BCUT2D eigenvalue weighted by molar-refractivity contribution is 7.89. The normalized spacial score (nSPS) is 11.9. The SMILES string of the molecule is COc1ccc(NC(=O)c2cc3ccccc3o/c2=N\NS(=O)(=O)c2ccc(Cl)cc2)cc1. The Hall–Kier alpha value is -3.82. The van der Waals surface area contributed by atoms with E-state index in [1.165, 1.54) is 24.3 Å². The minimum atomic E-state index is -4.02. The first-order valence-corrected chi connectivity index (χ1v) is 11.5. The Bertz CT molecular complexity index is 1480. The summed E-state index contributed by atoms with van der Waals surface area (Å²) in [5, 5.41) is 7.69. The van der Waals surface area contributed by atoms with E-state index < -0.39 is 15.9 Å². The maximum atomic E-state index is 13.0. The van der Waals surface area contributed by atoms with Crippen LogP contribution in [0.4, 0.5) is 5.69 Å². The second-order valence-electron chi connectivity index (χ2n) is 6.85. The molecule has 0 aliphatic carbocycles. The predicted octanol–water partition coefficient (Wildman–Crippen LogP) is 4.14. The Morgan fingerprint density at radius 2 is 1.70 bits per heavy atom. The van der Waals surface area contributed by atoms with Gasteiger partial charge in [0.1, 0.15) is 16.9 Å². The highest BCUT2D eigenvalue weighted by Crippen LogP contribution is 2.18. The highest BCUT2D eigenvalue weighted by Gasteiger charge is 2.16. The number of ether oxygens (including phenoxy) is 1. The maximum Gasteiger partial charge on any atom is 0.276 e. The topological polar surface area (TPSA) is 110 Å². The molecule has 1 heterocycles. The van der Waals surface area contributed by atoms with E-state index in [9.17, 15) is 13.2 Å². The molecule has 0 aliphatic rings. The Morgan fingerprint density at radius 1 is 1.00 bits per heavy atom. The number of nitrogens with one attached hydrogen (secondary N) is 2. The average molecular weight is 484 g/mol. The zero-order valence-electron chi connectivity index (χ0n) is 17.3. The van der Waals surface area contributed by atoms with E-state index in [1.807, 2.05) is 0 Å². The summed E-state index contributed by atoms with van der Waals surface area (Å²) >= 11 is 5.82. The first kappa shape index (κ1) is 22.4. The minimum Gasteiger partial charge on any atom is -0.497 e. The zero-order chi connectivity index (χ0) is 23.4.